The van der Waals surface area contributed by atoms with E-state index in [2.05, 4.69) is 25.3 Å². The number of aromatic nitrogens is 4. The van der Waals surface area contributed by atoms with Gasteiger partial charge in [0.1, 0.15) is 16.7 Å². The van der Waals surface area contributed by atoms with Crippen LogP contribution in [0.3, 0.4) is 0 Å². The minimum absolute atomic E-state index is 0.154. The normalized spacial score (nSPS) is 10.7. The first-order chi connectivity index (χ1) is 12.7. The second kappa shape index (κ2) is 6.64. The fraction of sp³-hybridized carbons (Fsp3) is 0.0526. The van der Waals surface area contributed by atoms with Crippen LogP contribution in [0.1, 0.15) is 0 Å². The van der Waals surface area contributed by atoms with E-state index >= 15 is 0 Å². The third-order valence-corrected chi connectivity index (χ3v) is 3.84. The average molecular weight is 345 g/mol. The monoisotopic (exact) mass is 345 g/mol. The molecule has 3 aromatic heterocycles. The lowest BCUT2D eigenvalue weighted by Crippen LogP contribution is -1.97. The Morgan fingerprint density at radius 3 is 2.69 bits per heavy atom. The number of nitrogens with zero attached hydrogens (tertiary/aromatic N) is 4. The molecule has 0 amide bonds. The van der Waals surface area contributed by atoms with Gasteiger partial charge >= 0.3 is 0 Å². The molecule has 7 nitrogen and oxygen atoms in total. The van der Waals surface area contributed by atoms with Crippen molar-refractivity contribution in [1.29, 1.82) is 0 Å². The Morgan fingerprint density at radius 1 is 1.04 bits per heavy atom. The van der Waals surface area contributed by atoms with Crippen LogP contribution in [0.2, 0.25) is 0 Å². The molecule has 7 heteroatoms. The number of fused-ring (bicyclic) bond motifs is 1. The third kappa shape index (κ3) is 2.98. The summed E-state index contributed by atoms with van der Waals surface area (Å²) in [6.45, 7) is 0. The highest BCUT2D eigenvalue weighted by molar-refractivity contribution is 5.89. The minimum atomic E-state index is -0.154. The number of ether oxygens (including phenoxy) is 1. The van der Waals surface area contributed by atoms with Crippen molar-refractivity contribution in [2.75, 3.05) is 12.4 Å². The second-order valence-electron chi connectivity index (χ2n) is 5.53. The first-order valence-corrected chi connectivity index (χ1v) is 7.92. The van der Waals surface area contributed by atoms with E-state index in [9.17, 15) is 5.11 Å². The topological polar surface area (TPSA) is 93.1 Å². The van der Waals surface area contributed by atoms with Gasteiger partial charge in [-0.15, -0.1) is 0 Å². The Morgan fingerprint density at radius 2 is 1.88 bits per heavy atom. The Kier molecular flexibility index (Phi) is 4.03. The molecule has 4 aromatic rings. The average Bonchev–Trinajstić information content (AvgIpc) is 2.68. The molecule has 3 heterocycles. The predicted molar refractivity (Wildman–Crippen MR) is 98.5 cm³/mol. The zero-order chi connectivity index (χ0) is 17.9. The highest BCUT2D eigenvalue weighted by Crippen LogP contribution is 2.32. The molecule has 26 heavy (non-hydrogen) atoms. The number of nitrogens with one attached hydrogen (secondary N) is 1. The van der Waals surface area contributed by atoms with E-state index in [1.807, 2.05) is 36.4 Å². The molecule has 0 atom stereocenters. The van der Waals surface area contributed by atoms with Crippen LogP contribution in [-0.4, -0.2) is 32.2 Å². The van der Waals surface area contributed by atoms with Gasteiger partial charge in [0.15, 0.2) is 11.6 Å². The Bertz CT molecular complexity index is 1070. The summed E-state index contributed by atoms with van der Waals surface area (Å²) in [4.78, 5) is 17.1. The summed E-state index contributed by atoms with van der Waals surface area (Å²) in [5, 5.41) is 14.0. The van der Waals surface area contributed by atoms with Gasteiger partial charge in [-0.05, 0) is 24.3 Å². The quantitative estimate of drug-likeness (QED) is 0.584. The van der Waals surface area contributed by atoms with Gasteiger partial charge in [-0.25, -0.2) is 9.97 Å². The summed E-state index contributed by atoms with van der Waals surface area (Å²) in [6, 6.07) is 13.3. The first kappa shape index (κ1) is 15.8. The van der Waals surface area contributed by atoms with Crippen molar-refractivity contribution < 1.29 is 9.84 Å². The molecule has 0 aliphatic heterocycles. The van der Waals surface area contributed by atoms with Crippen LogP contribution in [0.5, 0.6) is 11.6 Å². The molecule has 2 N–H and O–H groups in total. The molecule has 1 aromatic carbocycles. The van der Waals surface area contributed by atoms with E-state index in [0.29, 0.717) is 28.3 Å². The summed E-state index contributed by atoms with van der Waals surface area (Å²) < 4.78 is 5.22. The van der Waals surface area contributed by atoms with E-state index in [1.165, 1.54) is 13.3 Å². The summed E-state index contributed by atoms with van der Waals surface area (Å²) in [5.74, 6) is 1.30. The van der Waals surface area contributed by atoms with Gasteiger partial charge in [-0.3, -0.25) is 4.98 Å². The number of pyridine rings is 2. The van der Waals surface area contributed by atoms with Gasteiger partial charge in [-0.2, -0.15) is 4.98 Å². The fourth-order valence-electron chi connectivity index (χ4n) is 2.63. The van der Waals surface area contributed by atoms with E-state index in [4.69, 9.17) is 4.74 Å². The molecule has 0 aliphatic rings. The maximum atomic E-state index is 10.3. The fourth-order valence-corrected chi connectivity index (χ4v) is 2.63. The molecule has 4 rings (SSSR count). The number of anilines is 2. The number of rotatable bonds is 4. The maximum Gasteiger partial charge on any atom is 0.226 e. The molecule has 0 saturated carbocycles. The lowest BCUT2D eigenvalue weighted by Gasteiger charge is -2.09. The highest BCUT2D eigenvalue weighted by atomic mass is 16.5. The predicted octanol–water partition coefficient (Wildman–Crippen LogP) is 3.54. The van der Waals surface area contributed by atoms with Gasteiger partial charge in [0.05, 0.1) is 19.5 Å². The molecule has 0 spiro atoms. The van der Waals surface area contributed by atoms with Crippen LogP contribution in [-0.2, 0) is 0 Å². The van der Waals surface area contributed by atoms with Crippen LogP contribution < -0.4 is 10.1 Å². The summed E-state index contributed by atoms with van der Waals surface area (Å²) in [6.07, 6.45) is 4.74. The molecule has 0 aliphatic carbocycles. The molecule has 0 unspecified atom stereocenters. The third-order valence-electron chi connectivity index (χ3n) is 3.84. The second-order valence-corrected chi connectivity index (χ2v) is 5.53. The van der Waals surface area contributed by atoms with Crippen molar-refractivity contribution in [3.05, 3.63) is 61.1 Å². The zero-order valence-electron chi connectivity index (χ0n) is 13.9. The Labute approximate surface area is 149 Å². The smallest absolute Gasteiger partial charge is 0.226 e. The molecule has 0 saturated heterocycles. The highest BCUT2D eigenvalue weighted by Gasteiger charge is 2.13. The summed E-state index contributed by atoms with van der Waals surface area (Å²) in [7, 11) is 1.51. The van der Waals surface area contributed by atoms with Crippen molar-refractivity contribution in [2.45, 2.75) is 0 Å². The SMILES string of the molecule is COc1cncc2nc(-c3ccnc(Nc4ccccc4)c3)nc(O)c12. The molecule has 128 valence electrons. The molecule has 0 radical (unpaired) electrons. The molecule has 0 bridgehead atoms. The van der Waals surface area contributed by atoms with E-state index < -0.39 is 0 Å². The van der Waals surface area contributed by atoms with Crippen molar-refractivity contribution in [3.63, 3.8) is 0 Å². The zero-order valence-corrected chi connectivity index (χ0v) is 13.9. The lowest BCUT2D eigenvalue weighted by atomic mass is 10.2. The van der Waals surface area contributed by atoms with Crippen LogP contribution in [0, 0.1) is 0 Å². The lowest BCUT2D eigenvalue weighted by molar-refractivity contribution is 0.412. The number of hydrogen-bond acceptors (Lipinski definition) is 7. The number of aromatic hydroxyl groups is 1. The van der Waals surface area contributed by atoms with Crippen LogP contribution in [0.15, 0.2) is 61.1 Å². The number of para-hydroxylation sites is 1. The Hall–Kier alpha value is -3.74. The first-order valence-electron chi connectivity index (χ1n) is 7.92. The van der Waals surface area contributed by atoms with Gasteiger partial charge in [-0.1, -0.05) is 18.2 Å². The van der Waals surface area contributed by atoms with Crippen molar-refractivity contribution in [1.82, 2.24) is 19.9 Å². The van der Waals surface area contributed by atoms with E-state index in [0.717, 1.165) is 11.3 Å². The molecule has 0 fully saturated rings. The summed E-state index contributed by atoms with van der Waals surface area (Å²) in [5.41, 5.74) is 2.15. The number of methoxy groups -OCH3 is 1. The van der Waals surface area contributed by atoms with Gasteiger partial charge < -0.3 is 15.2 Å². The largest absolute Gasteiger partial charge is 0.494 e. The van der Waals surface area contributed by atoms with Crippen molar-refractivity contribution in [2.24, 2.45) is 0 Å². The summed E-state index contributed by atoms with van der Waals surface area (Å²) >= 11 is 0. The molecular formula is C19H15N5O2. The standard InChI is InChI=1S/C19H15N5O2/c1-26-15-11-20-10-14-17(15)19(25)24-18(23-14)12-7-8-21-16(9-12)22-13-5-3-2-4-6-13/h2-11H,1H3,(H,21,22)(H,23,24,25). The number of hydrogen-bond donors (Lipinski definition) is 2. The minimum Gasteiger partial charge on any atom is -0.494 e. The van der Waals surface area contributed by atoms with E-state index in [1.54, 1.807) is 18.5 Å². The van der Waals surface area contributed by atoms with Crippen LogP contribution >= 0.6 is 0 Å². The van der Waals surface area contributed by atoms with Crippen LogP contribution in [0.4, 0.5) is 11.5 Å². The number of benzene rings is 1. The van der Waals surface area contributed by atoms with Gasteiger partial charge in [0, 0.05) is 17.4 Å². The Balaban J connectivity index is 1.75. The van der Waals surface area contributed by atoms with Crippen LogP contribution in [0.25, 0.3) is 22.3 Å². The maximum absolute atomic E-state index is 10.3. The molecular weight excluding hydrogens is 330 g/mol. The van der Waals surface area contributed by atoms with Crippen molar-refractivity contribution >= 4 is 22.4 Å². The van der Waals surface area contributed by atoms with Gasteiger partial charge in [0.25, 0.3) is 0 Å². The van der Waals surface area contributed by atoms with Crippen molar-refractivity contribution in [3.8, 4) is 23.0 Å². The van der Waals surface area contributed by atoms with Gasteiger partial charge in [0.2, 0.25) is 5.88 Å². The van der Waals surface area contributed by atoms with E-state index in [-0.39, 0.29) is 5.88 Å².